The van der Waals surface area contributed by atoms with Gasteiger partial charge in [-0.3, -0.25) is 0 Å². The number of halogens is 2. The maximum Gasteiger partial charge on any atom is 0.165 e. The van der Waals surface area contributed by atoms with E-state index in [0.717, 1.165) is 23.3 Å². The highest BCUT2D eigenvalue weighted by Gasteiger charge is 2.21. The Kier molecular flexibility index (Phi) is 3.77. The van der Waals surface area contributed by atoms with Crippen LogP contribution >= 0.6 is 11.6 Å². The molecule has 21 heavy (non-hydrogen) atoms. The average molecular weight is 307 g/mol. The molecule has 3 rings (SSSR count). The van der Waals surface area contributed by atoms with Gasteiger partial charge in [-0.15, -0.1) is 11.6 Å². The lowest BCUT2D eigenvalue weighted by molar-refractivity contribution is 0.254. The summed E-state index contributed by atoms with van der Waals surface area (Å²) in [7, 11) is 1.44. The summed E-state index contributed by atoms with van der Waals surface area (Å²) >= 11 is 6.49. The van der Waals surface area contributed by atoms with Crippen LogP contribution in [0.5, 0.6) is 11.5 Å². The van der Waals surface area contributed by atoms with Crippen LogP contribution in [0.1, 0.15) is 29.0 Å². The van der Waals surface area contributed by atoms with Crippen molar-refractivity contribution in [2.45, 2.75) is 24.8 Å². The Labute approximate surface area is 128 Å². The van der Waals surface area contributed by atoms with Crippen molar-refractivity contribution in [2.24, 2.45) is 0 Å². The molecule has 2 nitrogen and oxygen atoms in total. The monoisotopic (exact) mass is 306 g/mol. The molecule has 110 valence electrons. The summed E-state index contributed by atoms with van der Waals surface area (Å²) in [6, 6.07) is 10.7. The molecule has 0 radical (unpaired) electrons. The van der Waals surface area contributed by atoms with Crippen molar-refractivity contribution in [1.29, 1.82) is 0 Å². The number of hydrogen-bond acceptors (Lipinski definition) is 2. The molecule has 2 unspecified atom stereocenters. The maximum absolute atomic E-state index is 13.8. The number of fused-ring (bicyclic) bond motifs is 1. The van der Waals surface area contributed by atoms with Crippen LogP contribution in [0.15, 0.2) is 36.4 Å². The molecule has 0 amide bonds. The van der Waals surface area contributed by atoms with Crippen molar-refractivity contribution in [3.05, 3.63) is 58.9 Å². The number of rotatable bonds is 3. The minimum absolute atomic E-state index is 0.197. The Morgan fingerprint density at radius 1 is 1.24 bits per heavy atom. The van der Waals surface area contributed by atoms with E-state index in [-0.39, 0.29) is 11.9 Å². The molecule has 0 spiro atoms. The summed E-state index contributed by atoms with van der Waals surface area (Å²) in [5.41, 5.74) is 2.80. The van der Waals surface area contributed by atoms with E-state index in [2.05, 4.69) is 0 Å². The zero-order chi connectivity index (χ0) is 15.0. The molecule has 0 fully saturated rings. The molecule has 0 bridgehead atoms. The van der Waals surface area contributed by atoms with Gasteiger partial charge in [-0.1, -0.05) is 18.2 Å². The Morgan fingerprint density at radius 3 is 2.67 bits per heavy atom. The second-order valence-corrected chi connectivity index (χ2v) is 5.69. The number of methoxy groups -OCH3 is 1. The van der Waals surface area contributed by atoms with Gasteiger partial charge in [0.15, 0.2) is 11.6 Å². The highest BCUT2D eigenvalue weighted by atomic mass is 35.5. The van der Waals surface area contributed by atoms with E-state index in [9.17, 15) is 4.39 Å². The van der Waals surface area contributed by atoms with E-state index in [4.69, 9.17) is 21.1 Å². The number of hydrogen-bond donors (Lipinski definition) is 0. The Morgan fingerprint density at radius 2 is 1.95 bits per heavy atom. The smallest absolute Gasteiger partial charge is 0.165 e. The third-order valence-corrected chi connectivity index (χ3v) is 4.19. The van der Waals surface area contributed by atoms with Crippen LogP contribution in [0, 0.1) is 5.82 Å². The van der Waals surface area contributed by atoms with E-state index in [1.54, 1.807) is 12.1 Å². The molecule has 0 N–H and O–H groups in total. The minimum atomic E-state index is -0.404. The van der Waals surface area contributed by atoms with Gasteiger partial charge in [0.2, 0.25) is 0 Å². The van der Waals surface area contributed by atoms with Crippen LogP contribution in [0.25, 0.3) is 0 Å². The maximum atomic E-state index is 13.8. The summed E-state index contributed by atoms with van der Waals surface area (Å²) in [5, 5.41) is -0.397. The Balaban J connectivity index is 1.90. The van der Waals surface area contributed by atoms with Gasteiger partial charge >= 0.3 is 0 Å². The van der Waals surface area contributed by atoms with E-state index in [1.807, 2.05) is 25.1 Å². The molecule has 1 aliphatic rings. The highest BCUT2D eigenvalue weighted by Crippen LogP contribution is 2.36. The summed E-state index contributed by atoms with van der Waals surface area (Å²) < 4.78 is 24.4. The third-order valence-electron chi connectivity index (χ3n) is 3.68. The lowest BCUT2D eigenvalue weighted by atomic mass is 10.0. The topological polar surface area (TPSA) is 18.5 Å². The van der Waals surface area contributed by atoms with Crippen LogP contribution < -0.4 is 9.47 Å². The van der Waals surface area contributed by atoms with Crippen LogP contribution in [0.3, 0.4) is 0 Å². The molecule has 0 saturated heterocycles. The quantitative estimate of drug-likeness (QED) is 0.778. The second-order valence-electron chi connectivity index (χ2n) is 5.26. The molecular weight excluding hydrogens is 291 g/mol. The molecule has 1 aliphatic heterocycles. The van der Waals surface area contributed by atoms with Gasteiger partial charge in [0.1, 0.15) is 11.9 Å². The Bertz CT molecular complexity index is 672. The predicted octanol–water partition coefficient (Wildman–Crippen LogP) is 4.49. The first-order valence-corrected chi connectivity index (χ1v) is 7.29. The summed E-state index contributed by atoms with van der Waals surface area (Å²) in [6.45, 7) is 2.04. The standard InChI is InChI=1S/C17H16ClFO2/c1-10-7-13-8-11(3-5-15(13)21-10)17(18)12-4-6-16(20-2)14(19)9-12/h3-6,8-10,17H,7H2,1-2H3. The molecular formula is C17H16ClFO2. The van der Waals surface area contributed by atoms with E-state index < -0.39 is 11.2 Å². The molecule has 2 aromatic rings. The summed E-state index contributed by atoms with van der Waals surface area (Å²) in [5.74, 6) is 0.730. The first-order chi connectivity index (χ1) is 10.1. The van der Waals surface area contributed by atoms with Crippen LogP contribution in [0.4, 0.5) is 4.39 Å². The zero-order valence-electron chi connectivity index (χ0n) is 11.9. The average Bonchev–Trinajstić information content (AvgIpc) is 2.85. The fraction of sp³-hybridized carbons (Fsp3) is 0.294. The number of benzene rings is 2. The van der Waals surface area contributed by atoms with Crippen molar-refractivity contribution in [2.75, 3.05) is 7.11 Å². The summed E-state index contributed by atoms with van der Waals surface area (Å²) in [6.07, 6.45) is 1.08. The van der Waals surface area contributed by atoms with Crippen molar-refractivity contribution in [1.82, 2.24) is 0 Å². The van der Waals surface area contributed by atoms with Gasteiger partial charge in [-0.2, -0.15) is 0 Å². The third kappa shape index (κ3) is 2.70. The lowest BCUT2D eigenvalue weighted by Gasteiger charge is -2.13. The normalized spacial score (nSPS) is 18.0. The molecule has 1 heterocycles. The molecule has 2 aromatic carbocycles. The SMILES string of the molecule is COc1ccc(C(Cl)c2ccc3c(c2)CC(C)O3)cc1F. The molecule has 4 heteroatoms. The van der Waals surface area contributed by atoms with Gasteiger partial charge in [0.25, 0.3) is 0 Å². The highest BCUT2D eigenvalue weighted by molar-refractivity contribution is 6.22. The van der Waals surface area contributed by atoms with Crippen LogP contribution in [0.2, 0.25) is 0 Å². The van der Waals surface area contributed by atoms with E-state index >= 15 is 0 Å². The van der Waals surface area contributed by atoms with Crippen LogP contribution in [-0.4, -0.2) is 13.2 Å². The fourth-order valence-corrected chi connectivity index (χ4v) is 2.90. The second kappa shape index (κ2) is 5.57. The number of ether oxygens (including phenoxy) is 2. The van der Waals surface area contributed by atoms with Gasteiger partial charge in [0.05, 0.1) is 12.5 Å². The van der Waals surface area contributed by atoms with Crippen molar-refractivity contribution in [3.63, 3.8) is 0 Å². The van der Waals surface area contributed by atoms with E-state index in [0.29, 0.717) is 5.56 Å². The van der Waals surface area contributed by atoms with Crippen LogP contribution in [-0.2, 0) is 6.42 Å². The van der Waals surface area contributed by atoms with Gasteiger partial charge in [-0.05, 0) is 41.8 Å². The molecule has 0 aliphatic carbocycles. The largest absolute Gasteiger partial charge is 0.494 e. The lowest BCUT2D eigenvalue weighted by Crippen LogP contribution is -2.05. The van der Waals surface area contributed by atoms with Gasteiger partial charge in [-0.25, -0.2) is 4.39 Å². The molecule has 0 saturated carbocycles. The fourth-order valence-electron chi connectivity index (χ4n) is 2.63. The van der Waals surface area contributed by atoms with Gasteiger partial charge < -0.3 is 9.47 Å². The first kappa shape index (κ1) is 14.2. The van der Waals surface area contributed by atoms with Crippen molar-refractivity contribution in [3.8, 4) is 11.5 Å². The zero-order valence-corrected chi connectivity index (χ0v) is 12.7. The minimum Gasteiger partial charge on any atom is -0.494 e. The van der Waals surface area contributed by atoms with Crippen molar-refractivity contribution < 1.29 is 13.9 Å². The summed E-state index contributed by atoms with van der Waals surface area (Å²) in [4.78, 5) is 0. The molecule has 0 aromatic heterocycles. The predicted molar refractivity (Wildman–Crippen MR) is 80.9 cm³/mol. The molecule has 2 atom stereocenters. The van der Waals surface area contributed by atoms with Gasteiger partial charge in [0, 0.05) is 6.42 Å². The van der Waals surface area contributed by atoms with E-state index in [1.165, 1.54) is 13.2 Å². The van der Waals surface area contributed by atoms with Crippen molar-refractivity contribution >= 4 is 11.6 Å². The first-order valence-electron chi connectivity index (χ1n) is 6.85. The number of alkyl halides is 1. The Hall–Kier alpha value is -1.74.